The van der Waals surface area contributed by atoms with Crippen molar-refractivity contribution in [1.82, 2.24) is 14.9 Å². The van der Waals surface area contributed by atoms with Crippen LogP contribution in [0.15, 0.2) is 60.9 Å². The largest absolute Gasteiger partial charge is 0.338 e. The Morgan fingerprint density at radius 3 is 2.86 bits per heavy atom. The maximum Gasteiger partial charge on any atom is 0.255 e. The first kappa shape index (κ1) is 19.2. The van der Waals surface area contributed by atoms with E-state index in [1.807, 2.05) is 30.0 Å². The Balaban J connectivity index is 1.54. The SMILES string of the molecule is Cc1cc(Cc2ccccc2F)cc(C2CCCN(C(=O)c3cccnc3)C2)n1. The van der Waals surface area contributed by atoms with Crippen LogP contribution >= 0.6 is 0 Å². The minimum Gasteiger partial charge on any atom is -0.338 e. The van der Waals surface area contributed by atoms with Gasteiger partial charge in [-0.15, -0.1) is 0 Å². The molecule has 0 spiro atoms. The van der Waals surface area contributed by atoms with Crippen LogP contribution in [0.2, 0.25) is 0 Å². The van der Waals surface area contributed by atoms with Crippen molar-refractivity contribution >= 4 is 5.91 Å². The van der Waals surface area contributed by atoms with E-state index in [0.29, 0.717) is 24.1 Å². The van der Waals surface area contributed by atoms with E-state index in [4.69, 9.17) is 4.98 Å². The second kappa shape index (κ2) is 8.52. The maximum atomic E-state index is 14.1. The Kier molecular flexibility index (Phi) is 5.65. The molecule has 0 saturated carbocycles. The molecule has 1 unspecified atom stereocenters. The Bertz CT molecular complexity index is 1010. The van der Waals surface area contributed by atoms with Gasteiger partial charge in [-0.3, -0.25) is 14.8 Å². The lowest BCUT2D eigenvalue weighted by Crippen LogP contribution is -2.39. The molecule has 0 N–H and O–H groups in total. The number of nitrogens with zero attached hydrogens (tertiary/aromatic N) is 3. The van der Waals surface area contributed by atoms with E-state index in [2.05, 4.69) is 11.1 Å². The number of likely N-dealkylation sites (tertiary alicyclic amines) is 1. The van der Waals surface area contributed by atoms with Crippen molar-refractivity contribution in [3.63, 3.8) is 0 Å². The molecule has 148 valence electrons. The van der Waals surface area contributed by atoms with Gasteiger partial charge in [0.25, 0.3) is 5.91 Å². The lowest BCUT2D eigenvalue weighted by molar-refractivity contribution is 0.0705. The number of benzene rings is 1. The molecule has 1 aliphatic rings. The third-order valence-corrected chi connectivity index (χ3v) is 5.42. The van der Waals surface area contributed by atoms with Gasteiger partial charge >= 0.3 is 0 Å². The second-order valence-corrected chi connectivity index (χ2v) is 7.64. The fourth-order valence-electron chi connectivity index (χ4n) is 4.02. The van der Waals surface area contributed by atoms with Crippen molar-refractivity contribution in [3.05, 3.63) is 94.8 Å². The summed E-state index contributed by atoms with van der Waals surface area (Å²) >= 11 is 0. The van der Waals surface area contributed by atoms with Crippen molar-refractivity contribution in [3.8, 4) is 0 Å². The zero-order valence-corrected chi connectivity index (χ0v) is 16.5. The highest BCUT2D eigenvalue weighted by molar-refractivity contribution is 5.94. The molecule has 0 aliphatic carbocycles. The summed E-state index contributed by atoms with van der Waals surface area (Å²) in [7, 11) is 0. The fraction of sp³-hybridized carbons (Fsp3) is 0.292. The summed E-state index contributed by atoms with van der Waals surface area (Å²) in [6.07, 6.45) is 5.75. The average Bonchev–Trinajstić information content (AvgIpc) is 2.75. The molecule has 0 radical (unpaired) electrons. The van der Waals surface area contributed by atoms with Crippen molar-refractivity contribution in [2.24, 2.45) is 0 Å². The third kappa shape index (κ3) is 4.50. The van der Waals surface area contributed by atoms with Gasteiger partial charge in [0, 0.05) is 49.2 Å². The second-order valence-electron chi connectivity index (χ2n) is 7.64. The van der Waals surface area contributed by atoms with Crippen molar-refractivity contribution < 1.29 is 9.18 Å². The summed E-state index contributed by atoms with van der Waals surface area (Å²) in [4.78, 5) is 23.5. The van der Waals surface area contributed by atoms with Gasteiger partial charge in [-0.05, 0) is 61.2 Å². The van der Waals surface area contributed by atoms with Gasteiger partial charge in [0.05, 0.1) is 5.56 Å². The number of amides is 1. The topological polar surface area (TPSA) is 46.1 Å². The number of carbonyl (C=O) groups excluding carboxylic acids is 1. The zero-order valence-electron chi connectivity index (χ0n) is 16.5. The van der Waals surface area contributed by atoms with Gasteiger partial charge in [-0.1, -0.05) is 18.2 Å². The minimum atomic E-state index is -0.186. The van der Waals surface area contributed by atoms with Crippen LogP contribution in [0.25, 0.3) is 0 Å². The lowest BCUT2D eigenvalue weighted by Gasteiger charge is -2.32. The standard InChI is InChI=1S/C24H24FN3O/c1-17-12-18(13-19-6-2-3-9-22(19)25)14-23(27-17)21-8-5-11-28(16-21)24(29)20-7-4-10-26-15-20/h2-4,6-7,9-10,12,14-15,21H,5,8,11,13,16H2,1H3. The molecule has 1 saturated heterocycles. The first-order chi connectivity index (χ1) is 14.1. The van der Waals surface area contributed by atoms with Crippen LogP contribution in [0.3, 0.4) is 0 Å². The molecule has 1 fully saturated rings. The quantitative estimate of drug-likeness (QED) is 0.658. The smallest absolute Gasteiger partial charge is 0.255 e. The van der Waals surface area contributed by atoms with E-state index < -0.39 is 0 Å². The van der Waals surface area contributed by atoms with E-state index in [-0.39, 0.29) is 17.6 Å². The van der Waals surface area contributed by atoms with E-state index in [0.717, 1.165) is 36.3 Å². The summed E-state index contributed by atoms with van der Waals surface area (Å²) < 4.78 is 14.1. The summed E-state index contributed by atoms with van der Waals surface area (Å²) in [6, 6.07) is 14.5. The number of halogens is 1. The predicted molar refractivity (Wildman–Crippen MR) is 110 cm³/mol. The Labute approximate surface area is 170 Å². The van der Waals surface area contributed by atoms with E-state index in [1.54, 1.807) is 30.6 Å². The number of carbonyl (C=O) groups is 1. The first-order valence-electron chi connectivity index (χ1n) is 10.0. The Morgan fingerprint density at radius 1 is 1.21 bits per heavy atom. The molecule has 29 heavy (non-hydrogen) atoms. The molecular formula is C24H24FN3O. The van der Waals surface area contributed by atoms with Crippen LogP contribution in [0.4, 0.5) is 4.39 Å². The van der Waals surface area contributed by atoms with Gasteiger partial charge in [0.2, 0.25) is 0 Å². The molecule has 4 rings (SSSR count). The number of hydrogen-bond acceptors (Lipinski definition) is 3. The molecule has 3 aromatic rings. The first-order valence-corrected chi connectivity index (χ1v) is 10.0. The molecule has 3 heterocycles. The molecule has 4 nitrogen and oxygen atoms in total. The molecule has 1 amide bonds. The number of piperidine rings is 1. The van der Waals surface area contributed by atoms with Crippen LogP contribution in [-0.2, 0) is 6.42 Å². The molecule has 1 aromatic carbocycles. The minimum absolute atomic E-state index is 0.0158. The van der Waals surface area contributed by atoms with Gasteiger partial charge in [0.15, 0.2) is 0 Å². The highest BCUT2D eigenvalue weighted by Crippen LogP contribution is 2.28. The van der Waals surface area contributed by atoms with Gasteiger partial charge in [-0.25, -0.2) is 4.39 Å². The predicted octanol–water partition coefficient (Wildman–Crippen LogP) is 4.53. The summed E-state index contributed by atoms with van der Waals surface area (Å²) in [5.41, 5.74) is 4.25. The molecule has 1 atom stereocenters. The number of rotatable bonds is 4. The Hall–Kier alpha value is -3.08. The maximum absolute atomic E-state index is 14.1. The number of hydrogen-bond donors (Lipinski definition) is 0. The van der Waals surface area contributed by atoms with Crippen molar-refractivity contribution in [2.45, 2.75) is 32.1 Å². The van der Waals surface area contributed by atoms with Crippen LogP contribution in [-0.4, -0.2) is 33.9 Å². The molecular weight excluding hydrogens is 365 g/mol. The van der Waals surface area contributed by atoms with E-state index in [1.165, 1.54) is 6.07 Å². The van der Waals surface area contributed by atoms with Crippen LogP contribution in [0.1, 0.15) is 51.6 Å². The molecule has 2 aromatic heterocycles. The summed E-state index contributed by atoms with van der Waals surface area (Å²) in [5, 5.41) is 0. The average molecular weight is 389 g/mol. The number of aromatic nitrogens is 2. The van der Waals surface area contributed by atoms with Gasteiger partial charge in [0.1, 0.15) is 5.82 Å². The highest BCUT2D eigenvalue weighted by atomic mass is 19.1. The number of aryl methyl sites for hydroxylation is 1. The van der Waals surface area contributed by atoms with Crippen LogP contribution in [0, 0.1) is 12.7 Å². The fourth-order valence-corrected chi connectivity index (χ4v) is 4.02. The zero-order chi connectivity index (χ0) is 20.2. The summed E-state index contributed by atoms with van der Waals surface area (Å²) in [5.74, 6) is 0.0140. The lowest BCUT2D eigenvalue weighted by atomic mass is 9.92. The normalized spacial score (nSPS) is 16.6. The van der Waals surface area contributed by atoms with Crippen molar-refractivity contribution in [2.75, 3.05) is 13.1 Å². The van der Waals surface area contributed by atoms with Crippen LogP contribution in [0.5, 0.6) is 0 Å². The summed E-state index contributed by atoms with van der Waals surface area (Å²) in [6.45, 7) is 3.36. The molecule has 0 bridgehead atoms. The van der Waals surface area contributed by atoms with Crippen molar-refractivity contribution in [1.29, 1.82) is 0 Å². The monoisotopic (exact) mass is 389 g/mol. The highest BCUT2D eigenvalue weighted by Gasteiger charge is 2.26. The van der Waals surface area contributed by atoms with Gasteiger partial charge in [-0.2, -0.15) is 0 Å². The van der Waals surface area contributed by atoms with E-state index in [9.17, 15) is 9.18 Å². The molecule has 1 aliphatic heterocycles. The third-order valence-electron chi connectivity index (χ3n) is 5.42. The number of pyridine rings is 2. The van der Waals surface area contributed by atoms with Crippen LogP contribution < -0.4 is 0 Å². The Morgan fingerprint density at radius 2 is 2.07 bits per heavy atom. The van der Waals surface area contributed by atoms with Gasteiger partial charge < -0.3 is 4.90 Å². The van der Waals surface area contributed by atoms with E-state index >= 15 is 0 Å². The molecule has 5 heteroatoms.